The number of aromatic nitrogens is 2. The second-order valence-corrected chi connectivity index (χ2v) is 10.0. The van der Waals surface area contributed by atoms with Crippen molar-refractivity contribution in [3.63, 3.8) is 0 Å². The first-order valence-electron chi connectivity index (χ1n) is 11.0. The molecule has 4 bridgehead atoms. The van der Waals surface area contributed by atoms with Gasteiger partial charge in [-0.2, -0.15) is 0 Å². The molecule has 0 N–H and O–H groups in total. The number of hydrogen-bond donors (Lipinski definition) is 0. The summed E-state index contributed by atoms with van der Waals surface area (Å²) in [5, 5.41) is 0. The van der Waals surface area contributed by atoms with Crippen LogP contribution in [0.3, 0.4) is 0 Å². The Kier molecular flexibility index (Phi) is 3.66. The van der Waals surface area contributed by atoms with Crippen molar-refractivity contribution in [2.45, 2.75) is 62.8 Å². The second kappa shape index (κ2) is 6.00. The summed E-state index contributed by atoms with van der Waals surface area (Å²) < 4.78 is 0. The highest BCUT2D eigenvalue weighted by Gasteiger charge is 2.53. The summed E-state index contributed by atoms with van der Waals surface area (Å²) in [6, 6.07) is 0. The first-order valence-corrected chi connectivity index (χ1v) is 11.0. The number of piperazine rings is 1. The Morgan fingerprint density at radius 3 is 1.96 bits per heavy atom. The third kappa shape index (κ3) is 2.81. The van der Waals surface area contributed by atoms with E-state index in [1.165, 1.54) is 51.4 Å². The van der Waals surface area contributed by atoms with Crippen LogP contribution < -0.4 is 0 Å². The average Bonchev–Trinajstić information content (AvgIpc) is 3.52. The lowest BCUT2D eigenvalue weighted by Gasteiger charge is -2.61. The molecule has 5 heteroatoms. The van der Waals surface area contributed by atoms with E-state index in [1.54, 1.807) is 12.4 Å². The summed E-state index contributed by atoms with van der Waals surface area (Å²) in [6.45, 7) is 3.79. The number of hydrogen-bond acceptors (Lipinski definition) is 4. The maximum Gasteiger partial charge on any atom is 0.257 e. The van der Waals surface area contributed by atoms with Crippen molar-refractivity contribution in [1.82, 2.24) is 19.8 Å². The van der Waals surface area contributed by atoms with Gasteiger partial charge in [-0.05, 0) is 69.1 Å². The highest BCUT2D eigenvalue weighted by molar-refractivity contribution is 5.93. The lowest BCUT2D eigenvalue weighted by molar-refractivity contribution is -0.0987. The van der Waals surface area contributed by atoms with Crippen LogP contribution >= 0.6 is 0 Å². The molecule has 1 amide bonds. The predicted molar refractivity (Wildman–Crippen MR) is 102 cm³/mol. The van der Waals surface area contributed by atoms with Crippen LogP contribution in [0.2, 0.25) is 0 Å². The molecule has 6 fully saturated rings. The quantitative estimate of drug-likeness (QED) is 0.825. The molecule has 2 heterocycles. The van der Waals surface area contributed by atoms with Gasteiger partial charge in [-0.15, -0.1) is 0 Å². The zero-order chi connectivity index (χ0) is 18.0. The molecule has 1 saturated heterocycles. The first-order chi connectivity index (χ1) is 13.2. The van der Waals surface area contributed by atoms with Gasteiger partial charge in [0, 0.05) is 50.0 Å². The van der Waals surface area contributed by atoms with Gasteiger partial charge in [0.05, 0.1) is 5.56 Å². The number of nitrogens with zero attached hydrogens (tertiary/aromatic N) is 4. The van der Waals surface area contributed by atoms with E-state index in [-0.39, 0.29) is 5.91 Å². The normalized spacial score (nSPS) is 38.4. The SMILES string of the molecule is O=C(c1cnc(C2CC2)nc1)N1CCN(C23CC4CC(CC(C4)C2)C3)CC1. The molecule has 5 aliphatic carbocycles. The van der Waals surface area contributed by atoms with Crippen LogP contribution in [-0.2, 0) is 0 Å². The third-order valence-electron chi connectivity index (χ3n) is 8.10. The van der Waals surface area contributed by atoms with Gasteiger partial charge in [0.25, 0.3) is 5.91 Å². The van der Waals surface area contributed by atoms with Crippen molar-refractivity contribution in [3.05, 3.63) is 23.8 Å². The lowest BCUT2D eigenvalue weighted by Crippen LogP contribution is -2.64. The molecule has 7 rings (SSSR count). The topological polar surface area (TPSA) is 49.3 Å². The van der Waals surface area contributed by atoms with Crippen molar-refractivity contribution in [2.24, 2.45) is 17.8 Å². The lowest BCUT2D eigenvalue weighted by atomic mass is 9.52. The molecule has 0 unspecified atom stereocenters. The highest BCUT2D eigenvalue weighted by Crippen LogP contribution is 2.57. The van der Waals surface area contributed by atoms with E-state index in [9.17, 15) is 4.79 Å². The zero-order valence-electron chi connectivity index (χ0n) is 16.1. The Bertz CT molecular complexity index is 698. The summed E-state index contributed by atoms with van der Waals surface area (Å²) in [5.74, 6) is 4.52. The van der Waals surface area contributed by atoms with E-state index < -0.39 is 0 Å². The van der Waals surface area contributed by atoms with Gasteiger partial charge >= 0.3 is 0 Å². The first kappa shape index (κ1) is 16.5. The molecular formula is C22H30N4O. The fourth-order valence-electron chi connectivity index (χ4n) is 7.02. The van der Waals surface area contributed by atoms with Crippen molar-refractivity contribution in [1.29, 1.82) is 0 Å². The fourth-order valence-corrected chi connectivity index (χ4v) is 7.02. The second-order valence-electron chi connectivity index (χ2n) is 10.0. The summed E-state index contributed by atoms with van der Waals surface area (Å²) in [7, 11) is 0. The van der Waals surface area contributed by atoms with Gasteiger partial charge in [0.1, 0.15) is 5.82 Å². The zero-order valence-corrected chi connectivity index (χ0v) is 16.1. The van der Waals surface area contributed by atoms with Crippen LogP contribution in [0.15, 0.2) is 12.4 Å². The Morgan fingerprint density at radius 1 is 0.889 bits per heavy atom. The molecule has 5 saturated carbocycles. The van der Waals surface area contributed by atoms with Crippen LogP contribution in [0.4, 0.5) is 0 Å². The molecule has 5 nitrogen and oxygen atoms in total. The van der Waals surface area contributed by atoms with Gasteiger partial charge < -0.3 is 4.90 Å². The minimum atomic E-state index is 0.113. The summed E-state index contributed by atoms with van der Waals surface area (Å²) in [4.78, 5) is 26.5. The minimum Gasteiger partial charge on any atom is -0.336 e. The van der Waals surface area contributed by atoms with Gasteiger partial charge in [0.2, 0.25) is 0 Å². The van der Waals surface area contributed by atoms with Crippen LogP contribution in [0.5, 0.6) is 0 Å². The fraction of sp³-hybridized carbons (Fsp3) is 0.773. The van der Waals surface area contributed by atoms with Crippen molar-refractivity contribution in [2.75, 3.05) is 26.2 Å². The predicted octanol–water partition coefficient (Wildman–Crippen LogP) is 3.08. The molecule has 0 radical (unpaired) electrons. The highest BCUT2D eigenvalue weighted by atomic mass is 16.2. The molecule has 1 aromatic heterocycles. The van der Waals surface area contributed by atoms with E-state index in [0.29, 0.717) is 17.0 Å². The Hall–Kier alpha value is -1.49. The third-order valence-corrected chi connectivity index (χ3v) is 8.10. The van der Waals surface area contributed by atoms with Gasteiger partial charge in [-0.1, -0.05) is 0 Å². The van der Waals surface area contributed by atoms with Crippen molar-refractivity contribution < 1.29 is 4.79 Å². The molecule has 0 spiro atoms. The summed E-state index contributed by atoms with van der Waals surface area (Å²) in [5.41, 5.74) is 1.13. The van der Waals surface area contributed by atoms with Crippen LogP contribution in [-0.4, -0.2) is 57.4 Å². The van der Waals surface area contributed by atoms with Crippen LogP contribution in [0, 0.1) is 17.8 Å². The summed E-state index contributed by atoms with van der Waals surface area (Å²) in [6.07, 6.45) is 14.6. The molecule has 27 heavy (non-hydrogen) atoms. The van der Waals surface area contributed by atoms with Gasteiger partial charge in [-0.3, -0.25) is 9.69 Å². The monoisotopic (exact) mass is 366 g/mol. The molecule has 6 aliphatic rings. The van der Waals surface area contributed by atoms with Crippen LogP contribution in [0.25, 0.3) is 0 Å². The maximum absolute atomic E-state index is 12.9. The Balaban J connectivity index is 1.11. The molecule has 0 atom stereocenters. The Labute approximate surface area is 161 Å². The number of carbonyl (C=O) groups excluding carboxylic acids is 1. The number of amides is 1. The van der Waals surface area contributed by atoms with E-state index in [1.807, 2.05) is 4.90 Å². The summed E-state index contributed by atoms with van der Waals surface area (Å²) >= 11 is 0. The van der Waals surface area contributed by atoms with E-state index in [4.69, 9.17) is 0 Å². The Morgan fingerprint density at radius 2 is 1.44 bits per heavy atom. The standard InChI is InChI=1S/C22H30N4O/c27-21(19-13-23-20(24-14-19)18-1-2-18)25-3-5-26(6-4-25)22-10-15-7-16(11-22)9-17(8-15)12-22/h13-18H,1-12H2. The van der Waals surface area contributed by atoms with Crippen molar-refractivity contribution in [3.8, 4) is 0 Å². The smallest absolute Gasteiger partial charge is 0.257 e. The number of carbonyl (C=O) groups is 1. The molecule has 1 aromatic rings. The molecule has 144 valence electrons. The minimum absolute atomic E-state index is 0.113. The largest absolute Gasteiger partial charge is 0.336 e. The maximum atomic E-state index is 12.9. The van der Waals surface area contributed by atoms with Gasteiger partial charge in [0.15, 0.2) is 0 Å². The van der Waals surface area contributed by atoms with E-state index >= 15 is 0 Å². The van der Waals surface area contributed by atoms with E-state index in [2.05, 4.69) is 14.9 Å². The molecule has 0 aromatic carbocycles. The van der Waals surface area contributed by atoms with Gasteiger partial charge in [-0.25, -0.2) is 9.97 Å². The average molecular weight is 367 g/mol. The molecular weight excluding hydrogens is 336 g/mol. The van der Waals surface area contributed by atoms with Crippen LogP contribution in [0.1, 0.15) is 73.5 Å². The number of rotatable bonds is 3. The van der Waals surface area contributed by atoms with E-state index in [0.717, 1.165) is 49.8 Å². The van der Waals surface area contributed by atoms with Crippen molar-refractivity contribution >= 4 is 5.91 Å². The molecule has 1 aliphatic heterocycles.